The Bertz CT molecular complexity index is 1710. The second-order valence-electron chi connectivity index (χ2n) is 9.23. The summed E-state index contributed by atoms with van der Waals surface area (Å²) in [6, 6.07) is 6.44. The van der Waals surface area contributed by atoms with Crippen LogP contribution >= 0.6 is 49.9 Å². The third-order valence-electron chi connectivity index (χ3n) is 6.22. The second kappa shape index (κ2) is 13.0. The van der Waals surface area contributed by atoms with Gasteiger partial charge in [-0.1, -0.05) is 27.3 Å². The zero-order valence-corrected chi connectivity index (χ0v) is 28.2. The first kappa shape index (κ1) is 31.1. The predicted octanol–water partition coefficient (Wildman–Crippen LogP) is 4.98. The summed E-state index contributed by atoms with van der Waals surface area (Å²) >= 11 is 7.05. The Balaban J connectivity index is 1.97. The van der Waals surface area contributed by atoms with Crippen molar-refractivity contribution in [1.82, 2.24) is 4.57 Å². The summed E-state index contributed by atoms with van der Waals surface area (Å²) in [6.07, 6.45) is 1.76. The molecule has 2 aromatic carbocycles. The standard InChI is InChI=1S/C29H30BrIN2O7S/c1-8-39-28(35)24-15(4)32-29-33(25(24)17-12-20(36-5)21(37-6)13-18(17)30)27(34)23(41-29)11-16-9-19(31)26(40-14(2)3)22(10-16)38-7/h9-14,25H,8H2,1-7H3/b23-11-/t25-/m1/s1. The number of allylic oxidation sites excluding steroid dienone is 1. The lowest BCUT2D eigenvalue weighted by Gasteiger charge is -2.26. The number of aromatic nitrogens is 1. The fourth-order valence-corrected chi connectivity index (χ4v) is 6.83. The van der Waals surface area contributed by atoms with Gasteiger partial charge in [0.15, 0.2) is 27.8 Å². The molecule has 9 nitrogen and oxygen atoms in total. The Morgan fingerprint density at radius 3 is 2.39 bits per heavy atom. The minimum absolute atomic E-state index is 0.0281. The number of halogens is 2. The molecule has 2 heterocycles. The number of rotatable bonds is 9. The Kier molecular flexibility index (Phi) is 9.85. The first-order valence-electron chi connectivity index (χ1n) is 12.7. The molecule has 0 amide bonds. The molecule has 3 aromatic rings. The lowest BCUT2D eigenvalue weighted by Crippen LogP contribution is -2.40. The molecule has 0 spiro atoms. The summed E-state index contributed by atoms with van der Waals surface area (Å²) < 4.78 is 31.4. The zero-order chi connectivity index (χ0) is 30.0. The molecule has 0 saturated heterocycles. The van der Waals surface area contributed by atoms with Crippen LogP contribution in [0.3, 0.4) is 0 Å². The molecule has 0 saturated carbocycles. The molecule has 0 unspecified atom stereocenters. The number of esters is 1. The molecule has 4 rings (SSSR count). The number of nitrogens with zero attached hydrogens (tertiary/aromatic N) is 2. The normalized spacial score (nSPS) is 15.0. The van der Waals surface area contributed by atoms with E-state index >= 15 is 0 Å². The van der Waals surface area contributed by atoms with Crippen LogP contribution in [-0.2, 0) is 9.53 Å². The van der Waals surface area contributed by atoms with Crippen LogP contribution in [0.4, 0.5) is 0 Å². The Hall–Kier alpha value is -2.84. The molecule has 1 atom stereocenters. The van der Waals surface area contributed by atoms with Crippen molar-refractivity contribution < 1.29 is 28.5 Å². The van der Waals surface area contributed by atoms with Gasteiger partial charge in [-0.05, 0) is 91.8 Å². The Labute approximate surface area is 263 Å². The van der Waals surface area contributed by atoms with Gasteiger partial charge in [-0.25, -0.2) is 9.79 Å². The molecule has 12 heteroatoms. The molecule has 0 aliphatic carbocycles. The third kappa shape index (κ3) is 6.19. The van der Waals surface area contributed by atoms with Crippen molar-refractivity contribution >= 4 is 61.9 Å². The van der Waals surface area contributed by atoms with Gasteiger partial charge in [-0.2, -0.15) is 0 Å². The van der Waals surface area contributed by atoms with Gasteiger partial charge in [-0.3, -0.25) is 9.36 Å². The van der Waals surface area contributed by atoms with Gasteiger partial charge in [0.1, 0.15) is 0 Å². The molecule has 0 radical (unpaired) electrons. The van der Waals surface area contributed by atoms with Crippen LogP contribution in [0.5, 0.6) is 23.0 Å². The number of methoxy groups -OCH3 is 3. The summed E-state index contributed by atoms with van der Waals surface area (Å²) in [4.78, 5) is 32.4. The number of carbonyl (C=O) groups excluding carboxylic acids is 1. The highest BCUT2D eigenvalue weighted by Gasteiger charge is 2.35. The average molecular weight is 757 g/mol. The van der Waals surface area contributed by atoms with Crippen LogP contribution < -0.4 is 33.8 Å². The zero-order valence-electron chi connectivity index (χ0n) is 23.7. The summed E-state index contributed by atoms with van der Waals surface area (Å²) in [6.45, 7) is 7.55. The molecule has 41 heavy (non-hydrogen) atoms. The average Bonchev–Trinajstić information content (AvgIpc) is 3.22. The van der Waals surface area contributed by atoms with Crippen molar-refractivity contribution in [2.45, 2.75) is 39.8 Å². The fourth-order valence-electron chi connectivity index (χ4n) is 4.49. The molecular formula is C29H30BrIN2O7S. The summed E-state index contributed by atoms with van der Waals surface area (Å²) in [7, 11) is 4.65. The molecule has 0 bridgehead atoms. The predicted molar refractivity (Wildman–Crippen MR) is 169 cm³/mol. The molecule has 0 fully saturated rings. The van der Waals surface area contributed by atoms with Gasteiger partial charge < -0.3 is 23.7 Å². The number of hydrogen-bond acceptors (Lipinski definition) is 9. The van der Waals surface area contributed by atoms with E-state index < -0.39 is 12.0 Å². The van der Waals surface area contributed by atoms with E-state index in [2.05, 4.69) is 43.5 Å². The summed E-state index contributed by atoms with van der Waals surface area (Å²) in [5.41, 5.74) is 1.82. The van der Waals surface area contributed by atoms with E-state index in [0.717, 1.165) is 9.13 Å². The van der Waals surface area contributed by atoms with Gasteiger partial charge in [0.25, 0.3) is 5.56 Å². The van der Waals surface area contributed by atoms with Crippen molar-refractivity contribution in [1.29, 1.82) is 0 Å². The number of carbonyl (C=O) groups is 1. The maximum atomic E-state index is 14.1. The monoisotopic (exact) mass is 756 g/mol. The van der Waals surface area contributed by atoms with Gasteiger partial charge in [0, 0.05) is 4.47 Å². The van der Waals surface area contributed by atoms with Crippen LogP contribution in [0, 0.1) is 3.57 Å². The van der Waals surface area contributed by atoms with Crippen molar-refractivity contribution in [2.75, 3.05) is 27.9 Å². The number of hydrogen-bond donors (Lipinski definition) is 0. The van der Waals surface area contributed by atoms with Crippen LogP contribution in [-0.4, -0.2) is 44.6 Å². The quantitative estimate of drug-likeness (QED) is 0.225. The number of ether oxygens (including phenoxy) is 5. The smallest absolute Gasteiger partial charge is 0.338 e. The minimum atomic E-state index is -0.821. The van der Waals surface area contributed by atoms with E-state index in [1.807, 2.05) is 26.0 Å². The lowest BCUT2D eigenvalue weighted by atomic mass is 9.95. The highest BCUT2D eigenvalue weighted by atomic mass is 127. The van der Waals surface area contributed by atoms with Gasteiger partial charge >= 0.3 is 5.97 Å². The van der Waals surface area contributed by atoms with E-state index in [-0.39, 0.29) is 23.8 Å². The minimum Gasteiger partial charge on any atom is -0.493 e. The van der Waals surface area contributed by atoms with Crippen molar-refractivity contribution in [2.24, 2.45) is 4.99 Å². The second-order valence-corrected chi connectivity index (χ2v) is 12.3. The molecule has 218 valence electrons. The van der Waals surface area contributed by atoms with E-state index in [1.54, 1.807) is 46.3 Å². The summed E-state index contributed by atoms with van der Waals surface area (Å²) in [5.74, 6) is 1.63. The summed E-state index contributed by atoms with van der Waals surface area (Å²) in [5, 5.41) is 0. The Morgan fingerprint density at radius 1 is 1.12 bits per heavy atom. The van der Waals surface area contributed by atoms with Crippen molar-refractivity contribution in [3.8, 4) is 23.0 Å². The number of fused-ring (bicyclic) bond motifs is 1. The third-order valence-corrected chi connectivity index (χ3v) is 8.69. The molecule has 0 N–H and O–H groups in total. The highest BCUT2D eigenvalue weighted by Crippen LogP contribution is 2.41. The lowest BCUT2D eigenvalue weighted by molar-refractivity contribution is -0.139. The first-order valence-corrected chi connectivity index (χ1v) is 15.4. The maximum absolute atomic E-state index is 14.1. The van der Waals surface area contributed by atoms with Gasteiger partial charge in [0.05, 0.1) is 59.5 Å². The highest BCUT2D eigenvalue weighted by molar-refractivity contribution is 14.1. The SMILES string of the molecule is CCOC(=O)C1=C(C)N=c2s/c(=C\c3cc(I)c(OC(C)C)c(OC)c3)c(=O)n2[C@@H]1c1cc(OC)c(OC)cc1Br. The number of benzene rings is 2. The van der Waals surface area contributed by atoms with E-state index in [4.69, 9.17) is 23.7 Å². The molecule has 1 aliphatic rings. The van der Waals surface area contributed by atoms with Crippen molar-refractivity contribution in [3.63, 3.8) is 0 Å². The fraction of sp³-hybridized carbons (Fsp3) is 0.345. The van der Waals surface area contributed by atoms with Crippen LogP contribution in [0.25, 0.3) is 6.08 Å². The molecule has 1 aliphatic heterocycles. The molecule has 1 aromatic heterocycles. The van der Waals surface area contributed by atoms with E-state index in [9.17, 15) is 9.59 Å². The Morgan fingerprint density at radius 2 is 1.78 bits per heavy atom. The largest absolute Gasteiger partial charge is 0.493 e. The van der Waals surface area contributed by atoms with Gasteiger partial charge in [0.2, 0.25) is 0 Å². The van der Waals surface area contributed by atoms with Crippen LogP contribution in [0.2, 0.25) is 0 Å². The van der Waals surface area contributed by atoms with Crippen LogP contribution in [0.15, 0.2) is 49.8 Å². The van der Waals surface area contributed by atoms with Crippen molar-refractivity contribution in [3.05, 3.63) is 74.4 Å². The van der Waals surface area contributed by atoms with Gasteiger partial charge in [-0.15, -0.1) is 0 Å². The maximum Gasteiger partial charge on any atom is 0.338 e. The van der Waals surface area contributed by atoms with E-state index in [0.29, 0.717) is 48.1 Å². The topological polar surface area (TPSA) is 97.6 Å². The van der Waals surface area contributed by atoms with Crippen LogP contribution in [0.1, 0.15) is 44.9 Å². The van der Waals surface area contributed by atoms with E-state index in [1.165, 1.54) is 23.0 Å². The first-order chi connectivity index (χ1) is 19.5. The molecular weight excluding hydrogens is 727 g/mol. The number of thiazole rings is 1.